The Hall–Kier alpha value is -2.98. The molecule has 0 aliphatic rings. The van der Waals surface area contributed by atoms with Crippen molar-refractivity contribution in [2.75, 3.05) is 0 Å². The molecule has 0 spiro atoms. The summed E-state index contributed by atoms with van der Waals surface area (Å²) in [5.74, 6) is 0. The minimum Gasteiger partial charge on any atom is -1.00 e. The van der Waals surface area contributed by atoms with Crippen molar-refractivity contribution in [3.05, 3.63) is 82.4 Å². The summed E-state index contributed by atoms with van der Waals surface area (Å²) in [6, 6.07) is 20.9. The van der Waals surface area contributed by atoms with Crippen LogP contribution >= 0.6 is 0 Å². The number of fused-ring (bicyclic) bond motifs is 3. The van der Waals surface area contributed by atoms with Crippen LogP contribution in [0.3, 0.4) is 0 Å². The Bertz CT molecular complexity index is 1110. The Kier molecular flexibility index (Phi) is 4.38. The quantitative estimate of drug-likeness (QED) is 0.317. The summed E-state index contributed by atoms with van der Waals surface area (Å²) in [6.45, 7) is 2.05. The molecule has 0 N–H and O–H groups in total. The van der Waals surface area contributed by atoms with Crippen LogP contribution in [0.4, 0.5) is 5.69 Å². The molecule has 0 saturated carbocycles. The number of nitro groups is 1. The second-order valence-corrected chi connectivity index (χ2v) is 5.81. The molecule has 4 rings (SSSR count). The lowest BCUT2D eigenvalue weighted by atomic mass is 9.99. The van der Waals surface area contributed by atoms with Gasteiger partial charge >= 0.3 is 0 Å². The number of hydrogen-bond acceptors (Lipinski definition) is 3. The first-order valence-corrected chi connectivity index (χ1v) is 7.67. The van der Waals surface area contributed by atoms with E-state index in [2.05, 4.69) is 25.1 Å². The zero-order valence-electron chi connectivity index (χ0n) is 13.4. The van der Waals surface area contributed by atoms with E-state index in [0.717, 1.165) is 27.7 Å². The summed E-state index contributed by atoms with van der Waals surface area (Å²) in [7, 11) is 0. The number of aryl methyl sites for hydroxylation is 1. The third kappa shape index (κ3) is 2.92. The number of hydrogen-bond donors (Lipinski definition) is 0. The molecule has 4 nitrogen and oxygen atoms in total. The SMILES string of the molecule is Cc1cc(-c2cccc([N+](=O)[O-])c2)nc2ccc3ccccc3c12.[Cl-]. The van der Waals surface area contributed by atoms with E-state index in [0.29, 0.717) is 0 Å². The van der Waals surface area contributed by atoms with Gasteiger partial charge in [-0.25, -0.2) is 4.98 Å². The number of nitro benzene ring substituents is 1. The minimum atomic E-state index is -0.384. The fraction of sp³-hybridized carbons (Fsp3) is 0.0500. The van der Waals surface area contributed by atoms with Crippen LogP contribution in [0, 0.1) is 17.0 Å². The van der Waals surface area contributed by atoms with E-state index in [9.17, 15) is 10.1 Å². The van der Waals surface area contributed by atoms with Crippen molar-refractivity contribution >= 4 is 27.4 Å². The molecule has 0 atom stereocenters. The number of benzene rings is 3. The van der Waals surface area contributed by atoms with Crippen LogP contribution in [0.1, 0.15) is 5.56 Å². The smallest absolute Gasteiger partial charge is 0.270 e. The molecule has 0 radical (unpaired) electrons. The summed E-state index contributed by atoms with van der Waals surface area (Å²) >= 11 is 0. The number of halogens is 1. The summed E-state index contributed by atoms with van der Waals surface area (Å²) in [4.78, 5) is 15.3. The number of nitrogens with zero attached hydrogens (tertiary/aromatic N) is 2. The third-order valence-corrected chi connectivity index (χ3v) is 4.25. The Morgan fingerprint density at radius 3 is 2.56 bits per heavy atom. The predicted molar refractivity (Wildman–Crippen MR) is 96.1 cm³/mol. The predicted octanol–water partition coefficient (Wildman–Crippen LogP) is 2.28. The highest BCUT2D eigenvalue weighted by molar-refractivity contribution is 6.08. The average Bonchev–Trinajstić information content (AvgIpc) is 2.61. The van der Waals surface area contributed by atoms with Crippen LogP contribution in [-0.4, -0.2) is 9.91 Å². The van der Waals surface area contributed by atoms with Crippen molar-refractivity contribution in [2.24, 2.45) is 0 Å². The van der Waals surface area contributed by atoms with E-state index in [4.69, 9.17) is 4.98 Å². The van der Waals surface area contributed by atoms with Gasteiger partial charge in [0, 0.05) is 23.1 Å². The first-order chi connectivity index (χ1) is 11.6. The van der Waals surface area contributed by atoms with E-state index in [1.807, 2.05) is 30.3 Å². The van der Waals surface area contributed by atoms with E-state index < -0.39 is 0 Å². The van der Waals surface area contributed by atoms with Gasteiger partial charge in [-0.1, -0.05) is 42.5 Å². The molecule has 0 unspecified atom stereocenters. The van der Waals surface area contributed by atoms with Crippen molar-refractivity contribution in [1.82, 2.24) is 4.98 Å². The molecule has 0 fully saturated rings. The fourth-order valence-electron chi connectivity index (χ4n) is 3.13. The monoisotopic (exact) mass is 349 g/mol. The topological polar surface area (TPSA) is 56.0 Å². The second kappa shape index (κ2) is 6.49. The molecule has 4 aromatic rings. The zero-order chi connectivity index (χ0) is 16.7. The molecule has 0 saturated heterocycles. The maximum Gasteiger partial charge on any atom is 0.270 e. The molecular formula is C20H14ClN2O2-. The highest BCUT2D eigenvalue weighted by Gasteiger charge is 2.11. The van der Waals surface area contributed by atoms with Gasteiger partial charge in [0.1, 0.15) is 0 Å². The molecule has 0 bridgehead atoms. The molecular weight excluding hydrogens is 336 g/mol. The highest BCUT2D eigenvalue weighted by atomic mass is 35.5. The largest absolute Gasteiger partial charge is 1.00 e. The third-order valence-electron chi connectivity index (χ3n) is 4.25. The Labute approximate surface area is 150 Å². The number of rotatable bonds is 2. The Balaban J connectivity index is 0.00000182. The van der Waals surface area contributed by atoms with Gasteiger partial charge in [-0.3, -0.25) is 10.1 Å². The van der Waals surface area contributed by atoms with Crippen LogP contribution in [0.5, 0.6) is 0 Å². The Morgan fingerprint density at radius 2 is 1.76 bits per heavy atom. The molecule has 0 aliphatic carbocycles. The lowest BCUT2D eigenvalue weighted by Crippen LogP contribution is -3.00. The van der Waals surface area contributed by atoms with Gasteiger partial charge in [0.05, 0.1) is 16.1 Å². The van der Waals surface area contributed by atoms with Crippen LogP contribution in [0.15, 0.2) is 66.7 Å². The Morgan fingerprint density at radius 1 is 0.960 bits per heavy atom. The zero-order valence-corrected chi connectivity index (χ0v) is 14.2. The molecule has 1 aromatic heterocycles. The molecule has 0 amide bonds. The molecule has 1 heterocycles. The van der Waals surface area contributed by atoms with Crippen LogP contribution in [0.25, 0.3) is 32.9 Å². The van der Waals surface area contributed by atoms with Crippen LogP contribution < -0.4 is 12.4 Å². The first kappa shape index (κ1) is 16.9. The van der Waals surface area contributed by atoms with Gasteiger partial charge in [0.15, 0.2) is 0 Å². The van der Waals surface area contributed by atoms with E-state index >= 15 is 0 Å². The van der Waals surface area contributed by atoms with Crippen LogP contribution in [-0.2, 0) is 0 Å². The second-order valence-electron chi connectivity index (χ2n) is 5.81. The lowest BCUT2D eigenvalue weighted by Gasteiger charge is -2.09. The average molecular weight is 350 g/mol. The number of non-ortho nitro benzene ring substituents is 1. The van der Waals surface area contributed by atoms with E-state index in [1.165, 1.54) is 16.8 Å². The normalized spacial score (nSPS) is 10.6. The van der Waals surface area contributed by atoms with Gasteiger partial charge < -0.3 is 12.4 Å². The van der Waals surface area contributed by atoms with Crippen molar-refractivity contribution in [1.29, 1.82) is 0 Å². The molecule has 124 valence electrons. The standard InChI is InChI=1S/C20H14N2O2.ClH/c1-13-11-19(15-6-4-7-16(12-15)22(23)24)21-18-10-9-14-5-2-3-8-17(14)20(13)18;/h2-12H,1H3;1H/p-1. The summed E-state index contributed by atoms with van der Waals surface area (Å²) in [5, 5.41) is 14.5. The van der Waals surface area contributed by atoms with Crippen molar-refractivity contribution < 1.29 is 17.3 Å². The number of pyridine rings is 1. The van der Waals surface area contributed by atoms with E-state index in [1.54, 1.807) is 12.1 Å². The summed E-state index contributed by atoms with van der Waals surface area (Å²) in [6.07, 6.45) is 0. The van der Waals surface area contributed by atoms with Gasteiger partial charge in [-0.05, 0) is 35.4 Å². The number of aromatic nitrogens is 1. The highest BCUT2D eigenvalue weighted by Crippen LogP contribution is 2.31. The summed E-state index contributed by atoms with van der Waals surface area (Å²) in [5.41, 5.74) is 3.58. The van der Waals surface area contributed by atoms with E-state index in [-0.39, 0.29) is 23.0 Å². The first-order valence-electron chi connectivity index (χ1n) is 7.67. The van der Waals surface area contributed by atoms with Crippen LogP contribution in [0.2, 0.25) is 0 Å². The maximum absolute atomic E-state index is 11.0. The molecule has 0 aliphatic heterocycles. The van der Waals surface area contributed by atoms with Gasteiger partial charge in [-0.15, -0.1) is 0 Å². The fourth-order valence-corrected chi connectivity index (χ4v) is 3.13. The lowest BCUT2D eigenvalue weighted by molar-refractivity contribution is -0.384. The van der Waals surface area contributed by atoms with Gasteiger partial charge in [-0.2, -0.15) is 0 Å². The van der Waals surface area contributed by atoms with Gasteiger partial charge in [0.25, 0.3) is 5.69 Å². The van der Waals surface area contributed by atoms with Crippen molar-refractivity contribution in [3.63, 3.8) is 0 Å². The minimum absolute atomic E-state index is 0. The van der Waals surface area contributed by atoms with Crippen molar-refractivity contribution in [3.8, 4) is 11.3 Å². The molecule has 3 aromatic carbocycles. The maximum atomic E-state index is 11.0. The molecule has 25 heavy (non-hydrogen) atoms. The summed E-state index contributed by atoms with van der Waals surface area (Å²) < 4.78 is 0. The van der Waals surface area contributed by atoms with Gasteiger partial charge in [0.2, 0.25) is 0 Å². The van der Waals surface area contributed by atoms with Crippen molar-refractivity contribution in [2.45, 2.75) is 6.92 Å². The molecule has 5 heteroatoms.